The van der Waals surface area contributed by atoms with Crippen LogP contribution >= 0.6 is 11.8 Å². The zero-order valence-electron chi connectivity index (χ0n) is 15.7. The number of rotatable bonds is 8. The van der Waals surface area contributed by atoms with Gasteiger partial charge in [-0.05, 0) is 36.8 Å². The van der Waals surface area contributed by atoms with E-state index in [2.05, 4.69) is 30.0 Å². The molecule has 3 rings (SSSR count). The van der Waals surface area contributed by atoms with Crippen LogP contribution in [0.15, 0.2) is 40.1 Å². The average Bonchev–Trinajstić information content (AvgIpc) is 2.68. The fraction of sp³-hybridized carbons (Fsp3) is 0.429. The monoisotopic (exact) mass is 373 g/mol. The quantitative estimate of drug-likeness (QED) is 0.629. The summed E-state index contributed by atoms with van der Waals surface area (Å²) in [5.41, 5.74) is 3.20. The number of hydrogen-bond donors (Lipinski definition) is 1. The fourth-order valence-electron chi connectivity index (χ4n) is 3.37. The number of aliphatic hydroxyl groups is 1. The summed E-state index contributed by atoms with van der Waals surface area (Å²) in [5, 5.41) is 9.95. The Balaban J connectivity index is 2.03. The van der Waals surface area contributed by atoms with Gasteiger partial charge in [0, 0.05) is 21.9 Å². The highest BCUT2D eigenvalue weighted by atomic mass is 32.2. The summed E-state index contributed by atoms with van der Waals surface area (Å²) >= 11 is 1.68. The average molecular weight is 374 g/mol. The molecule has 4 nitrogen and oxygen atoms in total. The number of ether oxygens (including phenoxy) is 2. The first-order chi connectivity index (χ1) is 12.7. The van der Waals surface area contributed by atoms with E-state index in [-0.39, 0.29) is 6.61 Å². The lowest BCUT2D eigenvalue weighted by Gasteiger charge is -2.34. The Kier molecular flexibility index (Phi) is 6.33. The fourth-order valence-corrected chi connectivity index (χ4v) is 4.62. The van der Waals surface area contributed by atoms with Crippen LogP contribution in [0.4, 0.5) is 11.4 Å². The van der Waals surface area contributed by atoms with Gasteiger partial charge in [-0.3, -0.25) is 0 Å². The third kappa shape index (κ3) is 3.64. The number of benzene rings is 2. The molecule has 0 atom stereocenters. The van der Waals surface area contributed by atoms with Crippen molar-refractivity contribution in [3.8, 4) is 11.5 Å². The number of nitrogens with zero attached hydrogens (tertiary/aromatic N) is 1. The van der Waals surface area contributed by atoms with Crippen LogP contribution in [0.5, 0.6) is 11.5 Å². The van der Waals surface area contributed by atoms with Gasteiger partial charge in [0.2, 0.25) is 0 Å². The molecule has 0 bridgehead atoms. The van der Waals surface area contributed by atoms with E-state index in [1.807, 2.05) is 12.1 Å². The molecule has 0 radical (unpaired) electrons. The van der Waals surface area contributed by atoms with Gasteiger partial charge in [-0.1, -0.05) is 37.9 Å². The molecule has 0 fully saturated rings. The Morgan fingerprint density at radius 3 is 2.50 bits per heavy atom. The molecule has 0 aromatic heterocycles. The van der Waals surface area contributed by atoms with Crippen molar-refractivity contribution >= 4 is 23.1 Å². The van der Waals surface area contributed by atoms with Crippen LogP contribution in [0, 0.1) is 0 Å². The number of unbranched alkanes of at least 4 members (excludes halogenated alkanes) is 3. The van der Waals surface area contributed by atoms with E-state index in [1.54, 1.807) is 26.0 Å². The van der Waals surface area contributed by atoms with Crippen LogP contribution in [0.3, 0.4) is 0 Å². The van der Waals surface area contributed by atoms with E-state index in [0.717, 1.165) is 45.5 Å². The van der Waals surface area contributed by atoms with Crippen molar-refractivity contribution in [3.05, 3.63) is 35.9 Å². The summed E-state index contributed by atoms with van der Waals surface area (Å²) in [6, 6.07) is 10.3. The van der Waals surface area contributed by atoms with Gasteiger partial charge < -0.3 is 19.5 Å². The molecule has 2 aromatic rings. The second kappa shape index (κ2) is 8.69. The smallest absolute Gasteiger partial charge is 0.125 e. The predicted molar refractivity (Wildman–Crippen MR) is 107 cm³/mol. The van der Waals surface area contributed by atoms with Crippen molar-refractivity contribution in [3.63, 3.8) is 0 Å². The second-order valence-corrected chi connectivity index (χ2v) is 7.45. The molecule has 0 saturated heterocycles. The number of hydrogen-bond acceptors (Lipinski definition) is 5. The molecular formula is C21H27NO3S. The molecule has 2 aromatic carbocycles. The topological polar surface area (TPSA) is 41.9 Å². The molecule has 5 heteroatoms. The van der Waals surface area contributed by atoms with Gasteiger partial charge >= 0.3 is 0 Å². The highest BCUT2D eigenvalue weighted by Crippen LogP contribution is 2.52. The lowest BCUT2D eigenvalue weighted by molar-refractivity contribution is 0.270. The first-order valence-corrected chi connectivity index (χ1v) is 9.99. The maximum absolute atomic E-state index is 9.95. The highest BCUT2D eigenvalue weighted by molar-refractivity contribution is 7.99. The van der Waals surface area contributed by atoms with Gasteiger partial charge in [0.1, 0.15) is 11.5 Å². The van der Waals surface area contributed by atoms with E-state index in [4.69, 9.17) is 9.47 Å². The van der Waals surface area contributed by atoms with Crippen LogP contribution in [0.25, 0.3) is 0 Å². The molecule has 0 saturated carbocycles. The predicted octanol–water partition coefficient (Wildman–Crippen LogP) is 5.38. The van der Waals surface area contributed by atoms with E-state index in [1.165, 1.54) is 24.9 Å². The minimum absolute atomic E-state index is 0.0394. The molecule has 0 spiro atoms. The van der Waals surface area contributed by atoms with Crippen molar-refractivity contribution in [2.24, 2.45) is 0 Å². The zero-order chi connectivity index (χ0) is 18.5. The van der Waals surface area contributed by atoms with E-state index in [0.29, 0.717) is 0 Å². The van der Waals surface area contributed by atoms with Crippen LogP contribution in [-0.4, -0.2) is 25.9 Å². The minimum atomic E-state index is -0.0394. The van der Waals surface area contributed by atoms with Crippen LogP contribution in [-0.2, 0) is 6.61 Å². The second-order valence-electron chi connectivity index (χ2n) is 6.40. The third-order valence-electron chi connectivity index (χ3n) is 4.77. The Hall–Kier alpha value is -1.85. The standard InChI is InChI=1S/C21H27NO3S/c1-4-5-6-7-12-22-17-9-8-15(24-2)13-20(17)26-21-16(14-23)19(25-3)11-10-18(21)22/h8-11,13,23H,4-7,12,14H2,1-3H3. The molecule has 1 heterocycles. The SMILES string of the molecule is CCCCCCN1c2ccc(OC)cc2Sc2c1ccc(OC)c2CO. The van der Waals surface area contributed by atoms with Crippen molar-refractivity contribution in [1.29, 1.82) is 0 Å². The Morgan fingerprint density at radius 1 is 1.00 bits per heavy atom. The van der Waals surface area contributed by atoms with Crippen LogP contribution in [0.2, 0.25) is 0 Å². The number of methoxy groups -OCH3 is 2. The first-order valence-electron chi connectivity index (χ1n) is 9.17. The lowest BCUT2D eigenvalue weighted by atomic mass is 10.1. The van der Waals surface area contributed by atoms with E-state index in [9.17, 15) is 5.11 Å². The van der Waals surface area contributed by atoms with Gasteiger partial charge in [0.05, 0.1) is 32.2 Å². The lowest BCUT2D eigenvalue weighted by Crippen LogP contribution is -2.22. The van der Waals surface area contributed by atoms with E-state index < -0.39 is 0 Å². The highest BCUT2D eigenvalue weighted by Gasteiger charge is 2.27. The van der Waals surface area contributed by atoms with Crippen molar-refractivity contribution in [1.82, 2.24) is 0 Å². The van der Waals surface area contributed by atoms with Crippen molar-refractivity contribution in [2.45, 2.75) is 49.0 Å². The molecule has 0 aliphatic carbocycles. The summed E-state index contributed by atoms with van der Waals surface area (Å²) < 4.78 is 10.9. The Bertz CT molecular complexity index is 763. The van der Waals surface area contributed by atoms with Gasteiger partial charge in [0.25, 0.3) is 0 Å². The van der Waals surface area contributed by atoms with Gasteiger partial charge in [-0.2, -0.15) is 0 Å². The summed E-state index contributed by atoms with van der Waals surface area (Å²) in [7, 11) is 3.34. The number of fused-ring (bicyclic) bond motifs is 2. The van der Waals surface area contributed by atoms with Crippen molar-refractivity contribution < 1.29 is 14.6 Å². The van der Waals surface area contributed by atoms with Gasteiger partial charge in [0.15, 0.2) is 0 Å². The molecule has 1 aliphatic heterocycles. The Labute approximate surface area is 160 Å². The molecule has 140 valence electrons. The first kappa shape index (κ1) is 18.9. The van der Waals surface area contributed by atoms with Crippen LogP contribution in [0.1, 0.15) is 38.2 Å². The largest absolute Gasteiger partial charge is 0.497 e. The molecule has 1 N–H and O–H groups in total. The minimum Gasteiger partial charge on any atom is -0.497 e. The molecule has 0 amide bonds. The number of anilines is 2. The van der Waals surface area contributed by atoms with Gasteiger partial charge in [-0.15, -0.1) is 0 Å². The summed E-state index contributed by atoms with van der Waals surface area (Å²) in [6.45, 7) is 3.15. The van der Waals surface area contributed by atoms with E-state index >= 15 is 0 Å². The summed E-state index contributed by atoms with van der Waals surface area (Å²) in [5.74, 6) is 1.58. The zero-order valence-corrected chi connectivity index (χ0v) is 16.6. The maximum atomic E-state index is 9.95. The molecular weight excluding hydrogens is 346 g/mol. The number of aliphatic hydroxyl groups excluding tert-OH is 1. The van der Waals surface area contributed by atoms with Crippen molar-refractivity contribution in [2.75, 3.05) is 25.7 Å². The molecule has 26 heavy (non-hydrogen) atoms. The van der Waals surface area contributed by atoms with Crippen LogP contribution < -0.4 is 14.4 Å². The Morgan fingerprint density at radius 2 is 1.81 bits per heavy atom. The summed E-state index contributed by atoms with van der Waals surface area (Å²) in [6.07, 6.45) is 4.86. The third-order valence-corrected chi connectivity index (χ3v) is 5.98. The molecule has 1 aliphatic rings. The van der Waals surface area contributed by atoms with Gasteiger partial charge in [-0.25, -0.2) is 0 Å². The molecule has 0 unspecified atom stereocenters. The normalized spacial score (nSPS) is 12.5. The summed E-state index contributed by atoms with van der Waals surface area (Å²) in [4.78, 5) is 4.59. The maximum Gasteiger partial charge on any atom is 0.125 e.